The van der Waals surface area contributed by atoms with Gasteiger partial charge in [-0.3, -0.25) is 0 Å². The molecule has 2 rings (SSSR count). The van der Waals surface area contributed by atoms with Gasteiger partial charge in [-0.2, -0.15) is 0 Å². The average Bonchev–Trinajstić information content (AvgIpc) is 2.72. The highest BCUT2D eigenvalue weighted by atomic mass is 28.4. The maximum absolute atomic E-state index is 12.8. The summed E-state index contributed by atoms with van der Waals surface area (Å²) in [5, 5.41) is 6.76. The van der Waals surface area contributed by atoms with Crippen LogP contribution in [0.25, 0.3) is 0 Å². The Morgan fingerprint density at radius 3 is 1.91 bits per heavy atom. The number of hydrogen-bond donors (Lipinski definition) is 2. The van der Waals surface area contributed by atoms with Crippen molar-refractivity contribution in [3.63, 3.8) is 0 Å². The van der Waals surface area contributed by atoms with E-state index in [9.17, 15) is 4.79 Å². The fourth-order valence-electron chi connectivity index (χ4n) is 3.38. The van der Waals surface area contributed by atoms with Crippen LogP contribution in [0.2, 0.25) is 18.1 Å². The lowest BCUT2D eigenvalue weighted by Gasteiger charge is -2.42. The summed E-state index contributed by atoms with van der Waals surface area (Å²) in [5.41, 5.74) is 1.80. The molecule has 34 heavy (non-hydrogen) atoms. The van der Waals surface area contributed by atoms with Crippen molar-refractivity contribution in [1.82, 2.24) is 10.6 Å². The van der Waals surface area contributed by atoms with Crippen molar-refractivity contribution in [3.05, 3.63) is 71.8 Å². The van der Waals surface area contributed by atoms with Gasteiger partial charge in [-0.1, -0.05) is 81.4 Å². The zero-order valence-electron chi connectivity index (χ0n) is 22.3. The van der Waals surface area contributed by atoms with Gasteiger partial charge in [0.25, 0.3) is 0 Å². The SMILES string of the molecule is CC(C)(C)OC(=O)N[C@@H](Cc1ccccc1)[C@H](CNCc1ccccc1)O[Si](C)(C)C(C)(C)C. The van der Waals surface area contributed by atoms with Gasteiger partial charge in [-0.05, 0) is 56.5 Å². The maximum Gasteiger partial charge on any atom is 0.407 e. The second-order valence-corrected chi connectivity index (χ2v) is 16.2. The zero-order chi connectivity index (χ0) is 25.4. The highest BCUT2D eigenvalue weighted by Gasteiger charge is 2.41. The number of rotatable bonds is 10. The van der Waals surface area contributed by atoms with Gasteiger partial charge in [-0.25, -0.2) is 4.79 Å². The van der Waals surface area contributed by atoms with Crippen LogP contribution in [0.3, 0.4) is 0 Å². The summed E-state index contributed by atoms with van der Waals surface area (Å²) >= 11 is 0. The van der Waals surface area contributed by atoms with Crippen LogP contribution in [0.5, 0.6) is 0 Å². The van der Waals surface area contributed by atoms with E-state index in [2.05, 4.69) is 68.8 Å². The molecule has 0 spiro atoms. The predicted octanol–water partition coefficient (Wildman–Crippen LogP) is 6.30. The van der Waals surface area contributed by atoms with Gasteiger partial charge in [0.05, 0.1) is 12.1 Å². The standard InChI is InChI=1S/C28H44N2O3Si/c1-27(2,3)32-26(31)30-24(19-22-15-11-9-12-16-22)25(33-34(7,8)28(4,5)6)21-29-20-23-17-13-10-14-18-23/h9-18,24-25,29H,19-21H2,1-8H3,(H,30,31)/t24-,25-/m0/s1. The molecule has 5 nitrogen and oxygen atoms in total. The first-order chi connectivity index (χ1) is 15.8. The molecule has 0 heterocycles. The minimum atomic E-state index is -2.11. The number of amides is 1. The van der Waals surface area contributed by atoms with Crippen molar-refractivity contribution in [2.45, 2.75) is 90.4 Å². The maximum atomic E-state index is 12.8. The Morgan fingerprint density at radius 1 is 0.882 bits per heavy atom. The van der Waals surface area contributed by atoms with Gasteiger partial charge >= 0.3 is 6.09 Å². The summed E-state index contributed by atoms with van der Waals surface area (Å²) in [6.07, 6.45) is 0.0319. The molecule has 2 atom stereocenters. The lowest BCUT2D eigenvalue weighted by Crippen LogP contribution is -2.56. The summed E-state index contributed by atoms with van der Waals surface area (Å²) in [5.74, 6) is 0. The van der Waals surface area contributed by atoms with Crippen molar-refractivity contribution in [1.29, 1.82) is 0 Å². The fourth-order valence-corrected chi connectivity index (χ4v) is 4.74. The highest BCUT2D eigenvalue weighted by molar-refractivity contribution is 6.74. The van der Waals surface area contributed by atoms with Crippen molar-refractivity contribution in [2.24, 2.45) is 0 Å². The lowest BCUT2D eigenvalue weighted by atomic mass is 10.0. The quantitative estimate of drug-likeness (QED) is 0.388. The first-order valence-corrected chi connectivity index (χ1v) is 15.1. The van der Waals surface area contributed by atoms with Crippen molar-refractivity contribution < 1.29 is 14.0 Å². The van der Waals surface area contributed by atoms with E-state index < -0.39 is 20.0 Å². The first-order valence-electron chi connectivity index (χ1n) is 12.2. The van der Waals surface area contributed by atoms with Gasteiger partial charge in [0.1, 0.15) is 5.60 Å². The monoisotopic (exact) mass is 484 g/mol. The smallest absolute Gasteiger partial charge is 0.407 e. The highest BCUT2D eigenvalue weighted by Crippen LogP contribution is 2.37. The zero-order valence-corrected chi connectivity index (χ0v) is 23.3. The third-order valence-corrected chi connectivity index (χ3v) is 10.7. The number of alkyl carbamates (subject to hydrolysis) is 1. The Bertz CT molecular complexity index is 874. The summed E-state index contributed by atoms with van der Waals surface area (Å²) in [7, 11) is -2.11. The molecular weight excluding hydrogens is 440 g/mol. The molecule has 0 bridgehead atoms. The summed E-state index contributed by atoms with van der Waals surface area (Å²) in [6, 6.07) is 20.3. The Balaban J connectivity index is 2.28. The molecule has 0 radical (unpaired) electrons. The number of nitrogens with one attached hydrogen (secondary N) is 2. The van der Waals surface area contributed by atoms with E-state index in [0.29, 0.717) is 13.0 Å². The Kier molecular flexibility index (Phi) is 9.92. The van der Waals surface area contributed by atoms with E-state index >= 15 is 0 Å². The number of ether oxygens (including phenoxy) is 1. The van der Waals surface area contributed by atoms with E-state index in [-0.39, 0.29) is 17.2 Å². The normalized spacial score (nSPS) is 14.4. The largest absolute Gasteiger partial charge is 0.444 e. The molecule has 0 fully saturated rings. The van der Waals surface area contributed by atoms with E-state index in [0.717, 1.165) is 12.1 Å². The van der Waals surface area contributed by atoms with Gasteiger partial charge in [0.15, 0.2) is 8.32 Å². The molecule has 0 aliphatic rings. The Labute approximate surface area is 207 Å². The number of carbonyl (C=O) groups is 1. The molecular formula is C28H44N2O3Si. The van der Waals surface area contributed by atoms with Crippen molar-refractivity contribution in [2.75, 3.05) is 6.54 Å². The van der Waals surface area contributed by atoms with Crippen LogP contribution >= 0.6 is 0 Å². The Morgan fingerprint density at radius 2 is 1.41 bits per heavy atom. The summed E-state index contributed by atoms with van der Waals surface area (Å²) < 4.78 is 12.5. The van der Waals surface area contributed by atoms with Crippen LogP contribution in [-0.4, -0.2) is 38.7 Å². The second-order valence-electron chi connectivity index (χ2n) is 11.5. The van der Waals surface area contributed by atoms with Gasteiger partial charge < -0.3 is 19.8 Å². The van der Waals surface area contributed by atoms with Crippen LogP contribution in [0, 0.1) is 0 Å². The second kappa shape index (κ2) is 12.0. The number of benzene rings is 2. The van der Waals surface area contributed by atoms with E-state index in [4.69, 9.17) is 9.16 Å². The molecule has 2 aromatic rings. The molecule has 1 amide bonds. The van der Waals surface area contributed by atoms with Gasteiger partial charge in [0.2, 0.25) is 0 Å². The molecule has 0 aliphatic carbocycles. The van der Waals surface area contributed by atoms with Crippen LogP contribution in [-0.2, 0) is 22.1 Å². The number of carbonyl (C=O) groups excluding carboxylic acids is 1. The van der Waals surface area contributed by atoms with Crippen LogP contribution in [0.4, 0.5) is 4.79 Å². The fraction of sp³-hybridized carbons (Fsp3) is 0.536. The van der Waals surface area contributed by atoms with E-state index in [1.165, 1.54) is 5.56 Å². The third kappa shape index (κ3) is 9.61. The predicted molar refractivity (Wildman–Crippen MR) is 144 cm³/mol. The van der Waals surface area contributed by atoms with Crippen LogP contribution in [0.1, 0.15) is 52.7 Å². The number of hydrogen-bond acceptors (Lipinski definition) is 4. The van der Waals surface area contributed by atoms with E-state index in [1.807, 2.05) is 57.2 Å². The van der Waals surface area contributed by atoms with Crippen molar-refractivity contribution in [3.8, 4) is 0 Å². The third-order valence-electron chi connectivity index (χ3n) is 6.22. The van der Waals surface area contributed by atoms with Crippen LogP contribution in [0.15, 0.2) is 60.7 Å². The molecule has 2 aromatic carbocycles. The first kappa shape index (κ1) is 28.1. The molecule has 0 saturated carbocycles. The minimum Gasteiger partial charge on any atom is -0.444 e. The average molecular weight is 485 g/mol. The van der Waals surface area contributed by atoms with Gasteiger partial charge in [-0.15, -0.1) is 0 Å². The molecule has 0 aliphatic heterocycles. The van der Waals surface area contributed by atoms with E-state index in [1.54, 1.807) is 0 Å². The summed E-state index contributed by atoms with van der Waals surface area (Å²) in [4.78, 5) is 12.8. The molecule has 2 N–H and O–H groups in total. The summed E-state index contributed by atoms with van der Waals surface area (Å²) in [6.45, 7) is 18.2. The molecule has 0 unspecified atom stereocenters. The molecule has 0 saturated heterocycles. The molecule has 188 valence electrons. The van der Waals surface area contributed by atoms with Gasteiger partial charge in [0, 0.05) is 13.1 Å². The Hall–Kier alpha value is -2.15. The minimum absolute atomic E-state index is 0.0495. The molecule has 6 heteroatoms. The van der Waals surface area contributed by atoms with Crippen LogP contribution < -0.4 is 10.6 Å². The topological polar surface area (TPSA) is 59.6 Å². The lowest BCUT2D eigenvalue weighted by molar-refractivity contribution is 0.0433. The van der Waals surface area contributed by atoms with Crippen molar-refractivity contribution >= 4 is 14.4 Å². The molecule has 0 aromatic heterocycles.